The second-order valence-electron chi connectivity index (χ2n) is 3.78. The molecule has 1 aromatic rings. The van der Waals surface area contributed by atoms with Crippen LogP contribution in [0.25, 0.3) is 0 Å². The third-order valence-electron chi connectivity index (χ3n) is 2.23. The molecule has 110 valence electrons. The summed E-state index contributed by atoms with van der Waals surface area (Å²) < 4.78 is 4.79. The van der Waals surface area contributed by atoms with E-state index in [9.17, 15) is 9.59 Å². The van der Waals surface area contributed by atoms with E-state index in [2.05, 4.69) is 10.3 Å². The number of aromatic nitrogens is 1. The highest BCUT2D eigenvalue weighted by atomic mass is 35.5. The van der Waals surface area contributed by atoms with Gasteiger partial charge in [-0.2, -0.15) is 4.98 Å². The Labute approximate surface area is 130 Å². The largest absolute Gasteiger partial charge is 0.448 e. The fourth-order valence-electron chi connectivity index (χ4n) is 1.23. The summed E-state index contributed by atoms with van der Waals surface area (Å²) in [6.45, 7) is 1.98. The molecule has 0 aliphatic rings. The Hall–Kier alpha value is -1.24. The molecule has 0 fully saturated rings. The zero-order valence-corrected chi connectivity index (χ0v) is 12.8. The molecule has 0 aromatic carbocycles. The topological polar surface area (TPSA) is 95.6 Å². The lowest BCUT2D eigenvalue weighted by atomic mass is 10.3. The number of halogens is 3. The van der Waals surface area contributed by atoms with Crippen molar-refractivity contribution in [3.05, 3.63) is 20.9 Å². The smallest absolute Gasteiger partial charge is 0.405 e. The number of rotatable bonds is 5. The van der Waals surface area contributed by atoms with Crippen molar-refractivity contribution in [2.24, 2.45) is 0 Å². The SMILES string of the molecule is CCCNC(=O)COC(=O)c1[nH+]c(Cl)c(Cl)c(N)c1Cl. The maximum absolute atomic E-state index is 11.8. The lowest BCUT2D eigenvalue weighted by Gasteiger charge is -2.05. The number of nitrogen functional groups attached to an aromatic ring is 1. The van der Waals surface area contributed by atoms with Gasteiger partial charge in [-0.1, -0.05) is 30.1 Å². The Bertz CT molecular complexity index is 537. The van der Waals surface area contributed by atoms with Gasteiger partial charge in [-0.3, -0.25) is 4.79 Å². The van der Waals surface area contributed by atoms with Crippen molar-refractivity contribution < 1.29 is 19.3 Å². The first-order valence-electron chi connectivity index (χ1n) is 5.67. The van der Waals surface area contributed by atoms with Crippen LogP contribution in [-0.2, 0) is 9.53 Å². The summed E-state index contributed by atoms with van der Waals surface area (Å²) >= 11 is 17.4. The number of pyridine rings is 1. The Morgan fingerprint density at radius 2 is 1.95 bits per heavy atom. The first-order valence-corrected chi connectivity index (χ1v) is 6.80. The molecule has 0 radical (unpaired) electrons. The van der Waals surface area contributed by atoms with Gasteiger partial charge in [0.2, 0.25) is 0 Å². The first kappa shape index (κ1) is 16.8. The second kappa shape index (κ2) is 7.52. The van der Waals surface area contributed by atoms with Crippen LogP contribution in [0.4, 0.5) is 5.69 Å². The molecule has 0 unspecified atom stereocenters. The van der Waals surface area contributed by atoms with E-state index in [0.717, 1.165) is 6.42 Å². The first-order chi connectivity index (χ1) is 9.38. The minimum Gasteiger partial charge on any atom is -0.448 e. The van der Waals surface area contributed by atoms with Crippen LogP contribution >= 0.6 is 34.8 Å². The lowest BCUT2D eigenvalue weighted by Crippen LogP contribution is -2.31. The molecule has 0 aliphatic carbocycles. The van der Waals surface area contributed by atoms with Crippen LogP contribution in [0.2, 0.25) is 15.2 Å². The molecule has 1 rings (SSSR count). The van der Waals surface area contributed by atoms with E-state index >= 15 is 0 Å². The minimum absolute atomic E-state index is 0.00825. The number of hydrogen-bond acceptors (Lipinski definition) is 4. The van der Waals surface area contributed by atoms with Gasteiger partial charge in [-0.05, 0) is 18.0 Å². The number of esters is 1. The molecule has 0 atom stereocenters. The summed E-state index contributed by atoms with van der Waals surface area (Å²) in [5.41, 5.74) is 5.38. The predicted octanol–water partition coefficient (Wildman–Crippen LogP) is 1.73. The Balaban J connectivity index is 2.76. The highest BCUT2D eigenvalue weighted by Gasteiger charge is 2.27. The van der Waals surface area contributed by atoms with E-state index in [1.165, 1.54) is 0 Å². The molecule has 6 nitrogen and oxygen atoms in total. The molecule has 1 heterocycles. The summed E-state index contributed by atoms with van der Waals surface area (Å²) in [5.74, 6) is -1.27. The van der Waals surface area contributed by atoms with Crippen molar-refractivity contribution in [1.82, 2.24) is 5.32 Å². The molecular weight excluding hydrogens is 328 g/mol. The number of amides is 1. The molecule has 0 saturated carbocycles. The lowest BCUT2D eigenvalue weighted by molar-refractivity contribution is -0.380. The van der Waals surface area contributed by atoms with Gasteiger partial charge in [0.25, 0.3) is 11.1 Å². The fraction of sp³-hybridized carbons (Fsp3) is 0.364. The summed E-state index contributed by atoms with van der Waals surface area (Å²) in [6, 6.07) is 0. The highest BCUT2D eigenvalue weighted by Crippen LogP contribution is 2.32. The molecule has 1 aromatic heterocycles. The maximum Gasteiger partial charge on any atom is 0.405 e. The average Bonchev–Trinajstić information content (AvgIpc) is 2.44. The molecule has 0 saturated heterocycles. The van der Waals surface area contributed by atoms with Gasteiger partial charge >= 0.3 is 11.7 Å². The van der Waals surface area contributed by atoms with Crippen LogP contribution in [0.15, 0.2) is 0 Å². The van der Waals surface area contributed by atoms with Gasteiger partial charge in [0.05, 0.1) is 5.69 Å². The van der Waals surface area contributed by atoms with E-state index in [-0.39, 0.29) is 26.6 Å². The highest BCUT2D eigenvalue weighted by molar-refractivity contribution is 6.45. The number of hydrogen-bond donors (Lipinski definition) is 2. The van der Waals surface area contributed by atoms with Crippen molar-refractivity contribution in [1.29, 1.82) is 0 Å². The van der Waals surface area contributed by atoms with E-state index in [1.807, 2.05) is 6.92 Å². The van der Waals surface area contributed by atoms with Crippen LogP contribution in [0, 0.1) is 0 Å². The van der Waals surface area contributed by atoms with Crippen LogP contribution < -0.4 is 16.0 Å². The normalized spacial score (nSPS) is 10.2. The van der Waals surface area contributed by atoms with E-state index < -0.39 is 18.5 Å². The van der Waals surface area contributed by atoms with Gasteiger partial charge in [-0.15, -0.1) is 0 Å². The summed E-state index contributed by atoms with van der Waals surface area (Å²) in [5, 5.41) is 2.40. The number of nitrogens with one attached hydrogen (secondary N) is 2. The van der Waals surface area contributed by atoms with E-state index in [4.69, 9.17) is 45.3 Å². The summed E-state index contributed by atoms with van der Waals surface area (Å²) in [4.78, 5) is 25.6. The molecule has 0 bridgehead atoms. The van der Waals surface area contributed by atoms with Gasteiger partial charge < -0.3 is 15.8 Å². The quantitative estimate of drug-likeness (QED) is 0.629. The van der Waals surface area contributed by atoms with Gasteiger partial charge in [-0.25, -0.2) is 4.79 Å². The average molecular weight is 342 g/mol. The number of carbonyl (C=O) groups excluding carboxylic acids is 2. The third kappa shape index (κ3) is 4.13. The molecule has 4 N–H and O–H groups in total. The number of anilines is 1. The summed E-state index contributed by atoms with van der Waals surface area (Å²) in [7, 11) is 0. The van der Waals surface area contributed by atoms with Gasteiger partial charge in [0.1, 0.15) is 10.0 Å². The molecule has 20 heavy (non-hydrogen) atoms. The Morgan fingerprint density at radius 1 is 1.30 bits per heavy atom. The van der Waals surface area contributed by atoms with Gasteiger partial charge in [0.15, 0.2) is 6.61 Å². The Kier molecular flexibility index (Phi) is 6.32. The fourth-order valence-corrected chi connectivity index (χ4v) is 1.83. The second-order valence-corrected chi connectivity index (χ2v) is 4.92. The van der Waals surface area contributed by atoms with E-state index in [1.54, 1.807) is 0 Å². The zero-order valence-electron chi connectivity index (χ0n) is 10.6. The Morgan fingerprint density at radius 3 is 2.55 bits per heavy atom. The van der Waals surface area contributed by atoms with Crippen molar-refractivity contribution in [3.8, 4) is 0 Å². The number of H-pyrrole nitrogens is 1. The van der Waals surface area contributed by atoms with Crippen LogP contribution in [0.5, 0.6) is 0 Å². The van der Waals surface area contributed by atoms with Crippen LogP contribution in [0.1, 0.15) is 23.8 Å². The van der Waals surface area contributed by atoms with Crippen molar-refractivity contribution in [2.75, 3.05) is 18.9 Å². The number of nitrogens with two attached hydrogens (primary N) is 1. The molecule has 0 spiro atoms. The number of ether oxygens (including phenoxy) is 1. The van der Waals surface area contributed by atoms with Gasteiger partial charge in [0, 0.05) is 6.54 Å². The van der Waals surface area contributed by atoms with Crippen molar-refractivity contribution >= 4 is 52.4 Å². The molecule has 1 amide bonds. The minimum atomic E-state index is -0.855. The molecule has 0 aliphatic heterocycles. The predicted molar refractivity (Wildman–Crippen MR) is 76.0 cm³/mol. The third-order valence-corrected chi connectivity index (χ3v) is 3.40. The maximum atomic E-state index is 11.8. The van der Waals surface area contributed by atoms with Crippen LogP contribution in [-0.4, -0.2) is 25.0 Å². The summed E-state index contributed by atoms with van der Waals surface area (Å²) in [6.07, 6.45) is 0.780. The zero-order chi connectivity index (χ0) is 15.3. The molecular formula is C11H13Cl3N3O3+. The number of aromatic amines is 1. The van der Waals surface area contributed by atoms with E-state index in [0.29, 0.717) is 6.54 Å². The standard InChI is InChI=1S/C11H12Cl3N3O3/c1-2-3-16-5(18)4-20-11(19)9-6(12)8(15)7(13)10(14)17-9/h2-4H2,1H3,(H2,15,17)(H,16,18)/p+1. The van der Waals surface area contributed by atoms with Crippen molar-refractivity contribution in [2.45, 2.75) is 13.3 Å². The number of carbonyl (C=O) groups is 2. The molecule has 9 heteroatoms. The van der Waals surface area contributed by atoms with Crippen LogP contribution in [0.3, 0.4) is 0 Å². The monoisotopic (exact) mass is 340 g/mol. The van der Waals surface area contributed by atoms with Crippen molar-refractivity contribution in [3.63, 3.8) is 0 Å².